The summed E-state index contributed by atoms with van der Waals surface area (Å²) in [6.45, 7) is 1.62. The zero-order chi connectivity index (χ0) is 24.1. The first kappa shape index (κ1) is 23.6. The Morgan fingerprint density at radius 2 is 1.76 bits per heavy atom. The molecule has 0 atom stereocenters. The van der Waals surface area contributed by atoms with Crippen LogP contribution in [-0.4, -0.2) is 39.2 Å². The standard InChI is InChI=1S/C21H19Cl2FN8O2/c22-17-11-16(32(33)34)10-13(18(17)23)12-25-30-20-27-19(26-15-6-4-14(24)5-7-15)28-21(29-20)31-8-2-1-3-9-31/h4-7,10-12H,1-3,8-9H2,(H2,26,27,28,29,30). The van der Waals surface area contributed by atoms with Gasteiger partial charge in [0.05, 0.1) is 21.2 Å². The van der Waals surface area contributed by atoms with E-state index in [1.165, 1.54) is 30.5 Å². The van der Waals surface area contributed by atoms with Crippen molar-refractivity contribution >= 4 is 58.6 Å². The van der Waals surface area contributed by atoms with Crippen molar-refractivity contribution in [2.24, 2.45) is 5.10 Å². The first-order chi connectivity index (χ1) is 16.4. The van der Waals surface area contributed by atoms with Crippen LogP contribution < -0.4 is 15.6 Å². The van der Waals surface area contributed by atoms with Crippen LogP contribution in [0.1, 0.15) is 24.8 Å². The van der Waals surface area contributed by atoms with E-state index in [0.717, 1.165) is 32.4 Å². The predicted octanol–water partition coefficient (Wildman–Crippen LogP) is 5.41. The number of hydrazone groups is 1. The minimum atomic E-state index is -0.572. The minimum absolute atomic E-state index is 0.0376. The molecule has 13 heteroatoms. The van der Waals surface area contributed by atoms with Gasteiger partial charge in [-0.1, -0.05) is 23.2 Å². The summed E-state index contributed by atoms with van der Waals surface area (Å²) in [5, 5.41) is 18.4. The van der Waals surface area contributed by atoms with E-state index in [0.29, 0.717) is 11.6 Å². The molecule has 0 amide bonds. The number of non-ortho nitro benzene ring substituents is 1. The first-order valence-electron chi connectivity index (χ1n) is 10.3. The summed E-state index contributed by atoms with van der Waals surface area (Å²) in [6.07, 6.45) is 4.49. The summed E-state index contributed by atoms with van der Waals surface area (Å²) in [5.41, 5.74) is 3.35. The van der Waals surface area contributed by atoms with Crippen LogP contribution in [-0.2, 0) is 0 Å². The van der Waals surface area contributed by atoms with Crippen LogP contribution in [0.5, 0.6) is 0 Å². The van der Waals surface area contributed by atoms with Crippen molar-refractivity contribution in [1.82, 2.24) is 15.0 Å². The van der Waals surface area contributed by atoms with Gasteiger partial charge in [-0.3, -0.25) is 10.1 Å². The van der Waals surface area contributed by atoms with Crippen LogP contribution in [0.3, 0.4) is 0 Å². The number of nitrogens with zero attached hydrogens (tertiary/aromatic N) is 6. The number of benzene rings is 2. The average Bonchev–Trinajstić information content (AvgIpc) is 2.83. The fourth-order valence-electron chi connectivity index (χ4n) is 3.32. The number of hydrogen-bond donors (Lipinski definition) is 2. The molecule has 1 aliphatic heterocycles. The highest BCUT2D eigenvalue weighted by Crippen LogP contribution is 2.30. The summed E-state index contributed by atoms with van der Waals surface area (Å²) < 4.78 is 13.2. The lowest BCUT2D eigenvalue weighted by atomic mass is 10.1. The third kappa shape index (κ3) is 5.86. The van der Waals surface area contributed by atoms with Gasteiger partial charge in [0, 0.05) is 36.5 Å². The normalized spacial score (nSPS) is 13.8. The molecule has 0 aliphatic carbocycles. The number of aromatic nitrogens is 3. The van der Waals surface area contributed by atoms with E-state index in [4.69, 9.17) is 23.2 Å². The second kappa shape index (κ2) is 10.6. The van der Waals surface area contributed by atoms with Gasteiger partial charge in [-0.15, -0.1) is 0 Å². The molecule has 176 valence electrons. The third-order valence-electron chi connectivity index (χ3n) is 4.98. The van der Waals surface area contributed by atoms with Crippen molar-refractivity contribution < 1.29 is 9.31 Å². The van der Waals surface area contributed by atoms with Crippen LogP contribution in [0, 0.1) is 15.9 Å². The number of piperidine rings is 1. The number of nitro benzene ring substituents is 1. The molecule has 0 saturated carbocycles. The molecule has 1 aromatic heterocycles. The van der Waals surface area contributed by atoms with Crippen LogP contribution in [0.4, 0.5) is 33.6 Å². The van der Waals surface area contributed by atoms with E-state index < -0.39 is 4.92 Å². The summed E-state index contributed by atoms with van der Waals surface area (Å²) in [5.74, 6) is 0.501. The second-order valence-electron chi connectivity index (χ2n) is 7.42. The van der Waals surface area contributed by atoms with Crippen LogP contribution in [0.2, 0.25) is 10.0 Å². The molecule has 2 aromatic carbocycles. The van der Waals surface area contributed by atoms with E-state index in [2.05, 4.69) is 30.8 Å². The van der Waals surface area contributed by atoms with Gasteiger partial charge < -0.3 is 10.2 Å². The quantitative estimate of drug-likeness (QED) is 0.249. The largest absolute Gasteiger partial charge is 0.341 e. The molecular weight excluding hydrogens is 486 g/mol. The second-order valence-corrected chi connectivity index (χ2v) is 8.21. The van der Waals surface area contributed by atoms with Crippen molar-refractivity contribution in [2.45, 2.75) is 19.3 Å². The molecular formula is C21H19Cl2FN8O2. The Morgan fingerprint density at radius 3 is 2.47 bits per heavy atom. The molecule has 2 heterocycles. The maximum absolute atomic E-state index is 13.2. The van der Waals surface area contributed by atoms with E-state index in [-0.39, 0.29) is 39.0 Å². The van der Waals surface area contributed by atoms with Crippen molar-refractivity contribution in [3.8, 4) is 0 Å². The maximum Gasteiger partial charge on any atom is 0.271 e. The van der Waals surface area contributed by atoms with Crippen molar-refractivity contribution in [3.05, 3.63) is 67.9 Å². The number of nitrogens with one attached hydrogen (secondary N) is 2. The number of rotatable bonds is 7. The summed E-state index contributed by atoms with van der Waals surface area (Å²) in [7, 11) is 0. The van der Waals surface area contributed by atoms with E-state index in [1.807, 2.05) is 4.90 Å². The Hall–Kier alpha value is -3.57. The number of hydrogen-bond acceptors (Lipinski definition) is 9. The topological polar surface area (TPSA) is 121 Å². The van der Waals surface area contributed by atoms with Gasteiger partial charge in [-0.2, -0.15) is 20.1 Å². The average molecular weight is 505 g/mol. The van der Waals surface area contributed by atoms with E-state index in [1.54, 1.807) is 12.1 Å². The molecule has 34 heavy (non-hydrogen) atoms. The molecule has 2 N–H and O–H groups in total. The SMILES string of the molecule is O=[N+]([O-])c1cc(Cl)c(Cl)c(C=NNc2nc(Nc3ccc(F)cc3)nc(N3CCCCC3)n2)c1. The van der Waals surface area contributed by atoms with Gasteiger partial charge in [-0.25, -0.2) is 9.82 Å². The van der Waals surface area contributed by atoms with Crippen molar-refractivity contribution in [1.29, 1.82) is 0 Å². The zero-order valence-corrected chi connectivity index (χ0v) is 19.2. The molecule has 0 radical (unpaired) electrons. The maximum atomic E-state index is 13.2. The Labute approximate surface area is 204 Å². The highest BCUT2D eigenvalue weighted by molar-refractivity contribution is 6.43. The number of nitro groups is 1. The van der Waals surface area contributed by atoms with Gasteiger partial charge in [0.2, 0.25) is 17.8 Å². The zero-order valence-electron chi connectivity index (χ0n) is 17.7. The molecule has 1 saturated heterocycles. The first-order valence-corrected chi connectivity index (χ1v) is 11.1. The fraction of sp³-hybridized carbons (Fsp3) is 0.238. The van der Waals surface area contributed by atoms with Gasteiger partial charge >= 0.3 is 0 Å². The van der Waals surface area contributed by atoms with E-state index >= 15 is 0 Å². The molecule has 3 aromatic rings. The summed E-state index contributed by atoms with van der Waals surface area (Å²) in [6, 6.07) is 8.21. The van der Waals surface area contributed by atoms with Gasteiger partial charge in [-0.05, 0) is 43.5 Å². The highest BCUT2D eigenvalue weighted by Gasteiger charge is 2.17. The number of halogens is 3. The van der Waals surface area contributed by atoms with Crippen molar-refractivity contribution in [2.75, 3.05) is 28.7 Å². The van der Waals surface area contributed by atoms with Gasteiger partial charge in [0.25, 0.3) is 5.69 Å². The molecule has 0 spiro atoms. The van der Waals surface area contributed by atoms with Crippen LogP contribution in [0.15, 0.2) is 41.5 Å². The smallest absolute Gasteiger partial charge is 0.271 e. The van der Waals surface area contributed by atoms with E-state index in [9.17, 15) is 14.5 Å². The fourth-order valence-corrected chi connectivity index (χ4v) is 3.70. The Morgan fingerprint density at radius 1 is 1.06 bits per heavy atom. The lowest BCUT2D eigenvalue weighted by molar-refractivity contribution is -0.384. The minimum Gasteiger partial charge on any atom is -0.341 e. The molecule has 1 aliphatic rings. The third-order valence-corrected chi connectivity index (χ3v) is 5.80. The Kier molecular flexibility index (Phi) is 7.33. The summed E-state index contributed by atoms with van der Waals surface area (Å²) in [4.78, 5) is 25.8. The Balaban J connectivity index is 1.60. The molecule has 1 fully saturated rings. The van der Waals surface area contributed by atoms with Crippen LogP contribution in [0.25, 0.3) is 0 Å². The molecule has 0 bridgehead atoms. The molecule has 4 rings (SSSR count). The van der Waals surface area contributed by atoms with Gasteiger partial charge in [0.15, 0.2) is 0 Å². The Bertz CT molecular complexity index is 1220. The molecule has 10 nitrogen and oxygen atoms in total. The number of anilines is 4. The van der Waals surface area contributed by atoms with Crippen LogP contribution >= 0.6 is 23.2 Å². The van der Waals surface area contributed by atoms with Gasteiger partial charge in [0.1, 0.15) is 5.82 Å². The lowest BCUT2D eigenvalue weighted by Gasteiger charge is -2.26. The van der Waals surface area contributed by atoms with Crippen molar-refractivity contribution in [3.63, 3.8) is 0 Å². The molecule has 0 unspecified atom stereocenters. The summed E-state index contributed by atoms with van der Waals surface area (Å²) >= 11 is 12.1. The lowest BCUT2D eigenvalue weighted by Crippen LogP contribution is -2.31. The monoisotopic (exact) mass is 504 g/mol. The predicted molar refractivity (Wildman–Crippen MR) is 130 cm³/mol. The highest BCUT2D eigenvalue weighted by atomic mass is 35.5.